The van der Waals surface area contributed by atoms with Gasteiger partial charge in [0.1, 0.15) is 6.29 Å². The van der Waals surface area contributed by atoms with E-state index in [2.05, 4.69) is 4.98 Å². The second-order valence-electron chi connectivity index (χ2n) is 3.36. The van der Waals surface area contributed by atoms with Crippen molar-refractivity contribution in [2.45, 2.75) is 40.2 Å². The molecular formula is C15H24N2O. The van der Waals surface area contributed by atoms with Crippen LogP contribution in [0.25, 0.3) is 10.9 Å². The second kappa shape index (κ2) is 9.42. The molecule has 1 atom stereocenters. The molecule has 0 fully saturated rings. The molecule has 0 aliphatic heterocycles. The number of nitrogens with two attached hydrogens (primary N) is 1. The fraction of sp³-hybridized carbons (Fsp3) is 0.400. The summed E-state index contributed by atoms with van der Waals surface area (Å²) in [6, 6.07) is 7.58. The highest BCUT2D eigenvalue weighted by molar-refractivity contribution is 5.83. The number of nitrogens with one attached hydrogen (secondary N) is 1. The summed E-state index contributed by atoms with van der Waals surface area (Å²) in [6.07, 6.45) is 3.28. The SMILES string of the molecule is CC.CC.NC(C=O)Cc1c[nH]c2ccccc12. The van der Waals surface area contributed by atoms with E-state index in [0.29, 0.717) is 6.42 Å². The van der Waals surface area contributed by atoms with E-state index >= 15 is 0 Å². The fourth-order valence-electron chi connectivity index (χ4n) is 1.60. The predicted molar refractivity (Wildman–Crippen MR) is 78.7 cm³/mol. The van der Waals surface area contributed by atoms with Crippen molar-refractivity contribution in [2.75, 3.05) is 0 Å². The Balaban J connectivity index is 0.000000659. The number of para-hydroxylation sites is 1. The molecule has 100 valence electrons. The molecule has 0 radical (unpaired) electrons. The minimum atomic E-state index is -0.408. The smallest absolute Gasteiger partial charge is 0.137 e. The summed E-state index contributed by atoms with van der Waals surface area (Å²) in [5.41, 5.74) is 7.75. The Morgan fingerprint density at radius 2 is 1.83 bits per heavy atom. The molecule has 0 amide bonds. The zero-order valence-corrected chi connectivity index (χ0v) is 11.7. The minimum absolute atomic E-state index is 0.408. The van der Waals surface area contributed by atoms with Crippen molar-refractivity contribution < 1.29 is 4.79 Å². The Bertz CT molecular complexity index is 448. The van der Waals surface area contributed by atoms with Gasteiger partial charge in [-0.15, -0.1) is 0 Å². The third-order valence-corrected chi connectivity index (χ3v) is 2.31. The number of rotatable bonds is 3. The summed E-state index contributed by atoms with van der Waals surface area (Å²) >= 11 is 0. The van der Waals surface area contributed by atoms with Crippen LogP contribution in [0, 0.1) is 0 Å². The first kappa shape index (κ1) is 16.4. The van der Waals surface area contributed by atoms with Crippen molar-refractivity contribution in [3.63, 3.8) is 0 Å². The number of aromatic nitrogens is 1. The normalized spacial score (nSPS) is 10.7. The number of hydrogen-bond donors (Lipinski definition) is 2. The molecule has 18 heavy (non-hydrogen) atoms. The predicted octanol–water partition coefficient (Wildman–Crippen LogP) is 3.29. The molecule has 3 heteroatoms. The molecule has 0 bridgehead atoms. The van der Waals surface area contributed by atoms with E-state index in [1.54, 1.807) is 0 Å². The van der Waals surface area contributed by atoms with Crippen molar-refractivity contribution in [1.82, 2.24) is 4.98 Å². The Labute approximate surface area is 109 Å². The van der Waals surface area contributed by atoms with Crippen LogP contribution in [-0.4, -0.2) is 17.3 Å². The van der Waals surface area contributed by atoms with Crippen LogP contribution < -0.4 is 5.73 Å². The van der Waals surface area contributed by atoms with Gasteiger partial charge >= 0.3 is 0 Å². The van der Waals surface area contributed by atoms with Crippen molar-refractivity contribution in [2.24, 2.45) is 5.73 Å². The topological polar surface area (TPSA) is 58.9 Å². The molecule has 0 aliphatic carbocycles. The van der Waals surface area contributed by atoms with Crippen molar-refractivity contribution in [3.8, 4) is 0 Å². The van der Waals surface area contributed by atoms with Crippen LogP contribution >= 0.6 is 0 Å². The van der Waals surface area contributed by atoms with Gasteiger partial charge in [0.2, 0.25) is 0 Å². The zero-order valence-electron chi connectivity index (χ0n) is 11.7. The highest BCUT2D eigenvalue weighted by Crippen LogP contribution is 2.18. The van der Waals surface area contributed by atoms with E-state index < -0.39 is 6.04 Å². The standard InChI is InChI=1S/C11H12N2O.2C2H6/c12-9(7-14)5-8-6-13-11-4-2-1-3-10(8)11;2*1-2/h1-4,6-7,9,13H,5,12H2;2*1-2H3. The number of benzene rings is 1. The van der Waals surface area contributed by atoms with Crippen LogP contribution in [0.2, 0.25) is 0 Å². The number of H-pyrrole nitrogens is 1. The fourth-order valence-corrected chi connectivity index (χ4v) is 1.60. The maximum atomic E-state index is 10.4. The molecule has 3 nitrogen and oxygen atoms in total. The molecule has 3 N–H and O–H groups in total. The molecule has 0 saturated carbocycles. The molecule has 1 aromatic carbocycles. The third-order valence-electron chi connectivity index (χ3n) is 2.31. The molecular weight excluding hydrogens is 224 g/mol. The van der Waals surface area contributed by atoms with E-state index in [1.165, 1.54) is 0 Å². The summed E-state index contributed by atoms with van der Waals surface area (Å²) in [7, 11) is 0. The van der Waals surface area contributed by atoms with E-state index in [4.69, 9.17) is 5.73 Å². The average molecular weight is 248 g/mol. The number of aromatic amines is 1. The van der Waals surface area contributed by atoms with Crippen molar-refractivity contribution >= 4 is 17.2 Å². The van der Waals surface area contributed by atoms with Crippen LogP contribution in [-0.2, 0) is 11.2 Å². The Kier molecular flexibility index (Phi) is 8.58. The van der Waals surface area contributed by atoms with E-state index in [0.717, 1.165) is 22.8 Å². The lowest BCUT2D eigenvalue weighted by Gasteiger charge is -2.01. The molecule has 2 aromatic rings. The quantitative estimate of drug-likeness (QED) is 0.819. The summed E-state index contributed by atoms with van der Waals surface area (Å²) in [4.78, 5) is 13.6. The average Bonchev–Trinajstić information content (AvgIpc) is 2.86. The first-order chi connectivity index (χ1) is 8.81. The molecule has 1 heterocycles. The van der Waals surface area contributed by atoms with Crippen LogP contribution in [0.15, 0.2) is 30.5 Å². The Hall–Kier alpha value is -1.61. The largest absolute Gasteiger partial charge is 0.361 e. The van der Waals surface area contributed by atoms with Gasteiger partial charge < -0.3 is 15.5 Å². The molecule has 1 aromatic heterocycles. The summed E-state index contributed by atoms with van der Waals surface area (Å²) < 4.78 is 0. The van der Waals surface area contributed by atoms with E-state index in [1.807, 2.05) is 58.2 Å². The monoisotopic (exact) mass is 248 g/mol. The first-order valence-corrected chi connectivity index (χ1v) is 6.57. The van der Waals surface area contributed by atoms with Crippen LogP contribution in [0.4, 0.5) is 0 Å². The maximum absolute atomic E-state index is 10.4. The van der Waals surface area contributed by atoms with Crippen LogP contribution in [0.5, 0.6) is 0 Å². The number of carbonyl (C=O) groups excluding carboxylic acids is 1. The van der Waals surface area contributed by atoms with Crippen LogP contribution in [0.3, 0.4) is 0 Å². The van der Waals surface area contributed by atoms with E-state index in [9.17, 15) is 4.79 Å². The molecule has 0 saturated heterocycles. The van der Waals surface area contributed by atoms with Gasteiger partial charge in [0.25, 0.3) is 0 Å². The van der Waals surface area contributed by atoms with Gasteiger partial charge in [0.15, 0.2) is 0 Å². The molecule has 0 aliphatic rings. The third kappa shape index (κ3) is 4.34. The van der Waals surface area contributed by atoms with Crippen molar-refractivity contribution in [1.29, 1.82) is 0 Å². The number of carbonyl (C=O) groups is 1. The number of fused-ring (bicyclic) bond motifs is 1. The highest BCUT2D eigenvalue weighted by Gasteiger charge is 2.06. The maximum Gasteiger partial charge on any atom is 0.137 e. The lowest BCUT2D eigenvalue weighted by Crippen LogP contribution is -2.23. The van der Waals surface area contributed by atoms with Gasteiger partial charge in [-0.05, 0) is 18.1 Å². The second-order valence-corrected chi connectivity index (χ2v) is 3.36. The van der Waals surface area contributed by atoms with Gasteiger partial charge in [0.05, 0.1) is 6.04 Å². The first-order valence-electron chi connectivity index (χ1n) is 6.57. The molecule has 2 rings (SSSR count). The number of aldehydes is 1. The Morgan fingerprint density at radius 3 is 2.44 bits per heavy atom. The van der Waals surface area contributed by atoms with Gasteiger partial charge in [-0.3, -0.25) is 0 Å². The summed E-state index contributed by atoms with van der Waals surface area (Å²) in [5.74, 6) is 0. The van der Waals surface area contributed by atoms with Gasteiger partial charge in [-0.2, -0.15) is 0 Å². The molecule has 0 spiro atoms. The summed E-state index contributed by atoms with van der Waals surface area (Å²) in [5, 5.41) is 1.14. The minimum Gasteiger partial charge on any atom is -0.361 e. The lowest BCUT2D eigenvalue weighted by molar-refractivity contribution is -0.108. The Morgan fingerprint density at radius 1 is 1.22 bits per heavy atom. The van der Waals surface area contributed by atoms with E-state index in [-0.39, 0.29) is 0 Å². The van der Waals surface area contributed by atoms with Crippen molar-refractivity contribution in [3.05, 3.63) is 36.0 Å². The van der Waals surface area contributed by atoms with Gasteiger partial charge in [-0.25, -0.2) is 0 Å². The number of hydrogen-bond acceptors (Lipinski definition) is 2. The van der Waals surface area contributed by atoms with Gasteiger partial charge in [-0.1, -0.05) is 45.9 Å². The molecule has 1 unspecified atom stereocenters. The zero-order chi connectivity index (χ0) is 14.0. The highest BCUT2D eigenvalue weighted by atomic mass is 16.1. The lowest BCUT2D eigenvalue weighted by atomic mass is 10.1. The van der Waals surface area contributed by atoms with Crippen LogP contribution in [0.1, 0.15) is 33.3 Å². The summed E-state index contributed by atoms with van der Waals surface area (Å²) in [6.45, 7) is 8.00. The van der Waals surface area contributed by atoms with Gasteiger partial charge in [0, 0.05) is 17.1 Å².